The average Bonchev–Trinajstić information content (AvgIpc) is 2.65. The van der Waals surface area contributed by atoms with Gasteiger partial charge in [0.15, 0.2) is 17.3 Å². The lowest BCUT2D eigenvalue weighted by Crippen LogP contribution is -2.45. The molecule has 0 spiro atoms. The van der Waals surface area contributed by atoms with Crippen LogP contribution in [0, 0.1) is 29.9 Å². The van der Waals surface area contributed by atoms with Crippen LogP contribution in [0.5, 0.6) is 0 Å². The molecule has 3 amide bonds. The van der Waals surface area contributed by atoms with E-state index < -0.39 is 23.6 Å². The molecule has 1 aromatic heterocycles. The summed E-state index contributed by atoms with van der Waals surface area (Å²) in [6, 6.07) is 3.48. The number of carbonyl (C=O) groups is 2. The highest BCUT2D eigenvalue weighted by Crippen LogP contribution is 2.27. The lowest BCUT2D eigenvalue weighted by molar-refractivity contribution is -0.121. The number of halogens is 2. The number of amides is 3. The van der Waals surface area contributed by atoms with Crippen LogP contribution in [-0.4, -0.2) is 33.4 Å². The number of aromatic nitrogens is 2. The fourth-order valence-corrected chi connectivity index (χ4v) is 2.59. The molecule has 0 bridgehead atoms. The van der Waals surface area contributed by atoms with Crippen LogP contribution in [-0.2, 0) is 17.9 Å². The Kier molecular flexibility index (Phi) is 4.94. The van der Waals surface area contributed by atoms with Gasteiger partial charge in [0.05, 0.1) is 36.4 Å². The first-order valence-corrected chi connectivity index (χ1v) is 7.91. The summed E-state index contributed by atoms with van der Waals surface area (Å²) >= 11 is 0. The van der Waals surface area contributed by atoms with Crippen molar-refractivity contribution in [2.75, 3.05) is 11.9 Å². The third-order valence-electron chi connectivity index (χ3n) is 4.02. The van der Waals surface area contributed by atoms with Crippen LogP contribution in [0.1, 0.15) is 22.6 Å². The van der Waals surface area contributed by atoms with Gasteiger partial charge in [-0.1, -0.05) is 0 Å². The summed E-state index contributed by atoms with van der Waals surface area (Å²) in [5.41, 5.74) is 1.30. The van der Waals surface area contributed by atoms with Gasteiger partial charge in [-0.25, -0.2) is 18.6 Å². The van der Waals surface area contributed by atoms with Gasteiger partial charge in [-0.3, -0.25) is 9.78 Å². The molecule has 0 saturated heterocycles. The number of carbonyl (C=O) groups excluding carboxylic acids is 2. The molecular formula is C17H14F2N6O2. The average molecular weight is 372 g/mol. The largest absolute Gasteiger partial charge is 0.349 e. The normalized spacial score (nSPS) is 12.8. The molecule has 2 aromatic rings. The number of nitriles is 1. The van der Waals surface area contributed by atoms with Gasteiger partial charge in [-0.2, -0.15) is 5.26 Å². The first-order chi connectivity index (χ1) is 12.9. The number of rotatable bonds is 4. The Morgan fingerprint density at radius 3 is 2.93 bits per heavy atom. The molecule has 1 aromatic carbocycles. The topological polar surface area (TPSA) is 111 Å². The quantitative estimate of drug-likeness (QED) is 0.847. The molecule has 0 saturated carbocycles. The van der Waals surface area contributed by atoms with E-state index in [1.807, 2.05) is 6.07 Å². The summed E-state index contributed by atoms with van der Waals surface area (Å²) in [5.74, 6) is -2.58. The van der Waals surface area contributed by atoms with Crippen molar-refractivity contribution >= 4 is 17.6 Å². The molecule has 8 nitrogen and oxygen atoms in total. The molecule has 1 aliphatic heterocycles. The fraction of sp³-hybridized carbons (Fsp3) is 0.235. The van der Waals surface area contributed by atoms with Crippen molar-refractivity contribution in [1.29, 1.82) is 5.26 Å². The fourth-order valence-electron chi connectivity index (χ4n) is 2.59. The number of hydrogen-bond donors (Lipinski definition) is 2. The minimum absolute atomic E-state index is 0.0174. The molecule has 0 fully saturated rings. The van der Waals surface area contributed by atoms with Gasteiger partial charge in [0.2, 0.25) is 5.91 Å². The number of anilines is 1. The van der Waals surface area contributed by atoms with Crippen LogP contribution in [0.25, 0.3) is 0 Å². The number of nitrogens with zero attached hydrogens (tertiary/aromatic N) is 4. The first kappa shape index (κ1) is 18.2. The van der Waals surface area contributed by atoms with Crippen molar-refractivity contribution in [1.82, 2.24) is 20.2 Å². The van der Waals surface area contributed by atoms with Crippen molar-refractivity contribution in [2.45, 2.75) is 20.0 Å². The molecule has 2 heterocycles. The van der Waals surface area contributed by atoms with Crippen molar-refractivity contribution in [3.63, 3.8) is 0 Å². The summed E-state index contributed by atoms with van der Waals surface area (Å²) < 4.78 is 27.3. The predicted octanol–water partition coefficient (Wildman–Crippen LogP) is 1.60. The summed E-state index contributed by atoms with van der Waals surface area (Å²) in [4.78, 5) is 33.3. The second-order valence-corrected chi connectivity index (χ2v) is 5.85. The van der Waals surface area contributed by atoms with Gasteiger partial charge >= 0.3 is 6.03 Å². The van der Waals surface area contributed by atoms with Gasteiger partial charge in [-0.15, -0.1) is 0 Å². The molecule has 138 valence electrons. The molecule has 0 radical (unpaired) electrons. The minimum Gasteiger partial charge on any atom is -0.349 e. The smallest absolute Gasteiger partial charge is 0.322 e. The Hall–Kier alpha value is -3.61. The molecule has 2 N–H and O–H groups in total. The first-order valence-electron chi connectivity index (χ1n) is 7.91. The highest BCUT2D eigenvalue weighted by Gasteiger charge is 2.27. The Morgan fingerprint density at radius 1 is 1.44 bits per heavy atom. The molecule has 0 unspecified atom stereocenters. The number of fused-ring (bicyclic) bond motifs is 1. The summed E-state index contributed by atoms with van der Waals surface area (Å²) in [6.07, 6.45) is 1.29. The van der Waals surface area contributed by atoms with Crippen LogP contribution in [0.4, 0.5) is 19.3 Å². The minimum atomic E-state index is -1.05. The zero-order valence-corrected chi connectivity index (χ0v) is 14.2. The molecule has 27 heavy (non-hydrogen) atoms. The van der Waals surface area contributed by atoms with E-state index in [-0.39, 0.29) is 36.6 Å². The number of aryl methyl sites for hydroxylation is 1. The van der Waals surface area contributed by atoms with Crippen molar-refractivity contribution in [3.05, 3.63) is 52.6 Å². The van der Waals surface area contributed by atoms with Gasteiger partial charge in [0.25, 0.3) is 0 Å². The van der Waals surface area contributed by atoms with E-state index in [0.717, 1.165) is 11.0 Å². The second kappa shape index (κ2) is 7.33. The van der Waals surface area contributed by atoms with E-state index in [0.29, 0.717) is 11.4 Å². The second-order valence-electron chi connectivity index (χ2n) is 5.85. The maximum absolute atomic E-state index is 13.9. The van der Waals surface area contributed by atoms with Crippen molar-refractivity contribution < 1.29 is 18.4 Å². The lowest BCUT2D eigenvalue weighted by Gasteiger charge is -2.29. The highest BCUT2D eigenvalue weighted by molar-refractivity contribution is 5.94. The van der Waals surface area contributed by atoms with Crippen LogP contribution < -0.4 is 10.6 Å². The number of hydrogen-bond acceptors (Lipinski definition) is 5. The van der Waals surface area contributed by atoms with Crippen molar-refractivity contribution in [3.8, 4) is 6.07 Å². The molecule has 1 aliphatic rings. The van der Waals surface area contributed by atoms with E-state index in [1.165, 1.54) is 12.3 Å². The third kappa shape index (κ3) is 3.82. The van der Waals surface area contributed by atoms with Crippen LogP contribution in [0.2, 0.25) is 0 Å². The van der Waals surface area contributed by atoms with Gasteiger partial charge < -0.3 is 15.5 Å². The zero-order valence-electron chi connectivity index (χ0n) is 14.2. The third-order valence-corrected chi connectivity index (χ3v) is 4.02. The van der Waals surface area contributed by atoms with Crippen molar-refractivity contribution in [2.24, 2.45) is 0 Å². The monoisotopic (exact) mass is 372 g/mol. The molecular weight excluding hydrogens is 358 g/mol. The van der Waals surface area contributed by atoms with Gasteiger partial charge in [0, 0.05) is 5.56 Å². The highest BCUT2D eigenvalue weighted by atomic mass is 19.2. The molecule has 3 rings (SSSR count). The van der Waals surface area contributed by atoms with Gasteiger partial charge in [0.1, 0.15) is 12.6 Å². The van der Waals surface area contributed by atoms with E-state index in [4.69, 9.17) is 5.26 Å². The molecule has 10 heteroatoms. The molecule has 0 aliphatic carbocycles. The predicted molar refractivity (Wildman–Crippen MR) is 89.1 cm³/mol. The van der Waals surface area contributed by atoms with E-state index in [2.05, 4.69) is 20.6 Å². The molecule has 0 atom stereocenters. The SMILES string of the molecule is Cc1nc(C#N)cnc1CNC(=O)CN1Cc2c(ccc(F)c2F)NC1=O. The summed E-state index contributed by atoms with van der Waals surface area (Å²) in [7, 11) is 0. The number of nitrogens with one attached hydrogen (secondary N) is 2. The van der Waals surface area contributed by atoms with E-state index in [9.17, 15) is 18.4 Å². The Balaban J connectivity index is 1.63. The lowest BCUT2D eigenvalue weighted by atomic mass is 10.1. The van der Waals surface area contributed by atoms with E-state index >= 15 is 0 Å². The maximum Gasteiger partial charge on any atom is 0.322 e. The Bertz CT molecular complexity index is 973. The van der Waals surface area contributed by atoms with E-state index in [1.54, 1.807) is 6.92 Å². The maximum atomic E-state index is 13.9. The van der Waals surface area contributed by atoms with Crippen LogP contribution in [0.3, 0.4) is 0 Å². The Morgan fingerprint density at radius 2 is 2.22 bits per heavy atom. The number of urea groups is 1. The standard InChI is InChI=1S/C17H14F2N6O2/c1-9-14(21-5-10(4-20)23-9)6-22-15(26)8-25-7-11-13(24-17(25)27)3-2-12(18)16(11)19/h2-3,5H,6-8H2,1H3,(H,22,26)(H,24,27). The number of benzene rings is 1. The van der Waals surface area contributed by atoms with Crippen LogP contribution >= 0.6 is 0 Å². The van der Waals surface area contributed by atoms with Crippen LogP contribution in [0.15, 0.2) is 18.3 Å². The zero-order chi connectivity index (χ0) is 19.6. The summed E-state index contributed by atoms with van der Waals surface area (Å²) in [6.45, 7) is 1.14. The Labute approximate surface area is 152 Å². The summed E-state index contributed by atoms with van der Waals surface area (Å²) in [5, 5.41) is 13.8. The van der Waals surface area contributed by atoms with Gasteiger partial charge in [-0.05, 0) is 19.1 Å².